The summed E-state index contributed by atoms with van der Waals surface area (Å²) in [6.07, 6.45) is 0.437. The van der Waals surface area contributed by atoms with Crippen molar-refractivity contribution in [2.24, 2.45) is 0 Å². The van der Waals surface area contributed by atoms with Crippen molar-refractivity contribution in [2.45, 2.75) is 19.4 Å². The molecule has 2 heterocycles. The molecule has 104 valence electrons. The van der Waals surface area contributed by atoms with Crippen molar-refractivity contribution < 1.29 is 9.53 Å². The quantitative estimate of drug-likeness (QED) is 0.852. The summed E-state index contributed by atoms with van der Waals surface area (Å²) < 4.78 is 5.05. The van der Waals surface area contributed by atoms with Crippen molar-refractivity contribution >= 4 is 23.6 Å². The summed E-state index contributed by atoms with van der Waals surface area (Å²) >= 11 is 1.87. The summed E-state index contributed by atoms with van der Waals surface area (Å²) in [5.41, 5.74) is 0.758. The third-order valence-corrected chi connectivity index (χ3v) is 3.85. The van der Waals surface area contributed by atoms with Crippen molar-refractivity contribution in [2.75, 3.05) is 30.5 Å². The second-order valence-corrected chi connectivity index (χ2v) is 5.50. The molecule has 1 aliphatic rings. The molecule has 19 heavy (non-hydrogen) atoms. The lowest BCUT2D eigenvalue weighted by molar-refractivity contribution is -0.116. The van der Waals surface area contributed by atoms with Gasteiger partial charge >= 0.3 is 0 Å². The molecule has 2 N–H and O–H groups in total. The molecule has 1 aromatic heterocycles. The van der Waals surface area contributed by atoms with Gasteiger partial charge in [-0.2, -0.15) is 16.7 Å². The van der Waals surface area contributed by atoms with Crippen LogP contribution in [-0.4, -0.2) is 47.1 Å². The molecule has 0 radical (unpaired) electrons. The number of rotatable bonds is 4. The van der Waals surface area contributed by atoms with E-state index in [-0.39, 0.29) is 11.9 Å². The van der Waals surface area contributed by atoms with E-state index in [1.54, 1.807) is 6.07 Å². The van der Waals surface area contributed by atoms with E-state index in [2.05, 4.69) is 20.6 Å². The number of hydrogen-bond donors (Lipinski definition) is 2. The molecule has 1 aromatic rings. The number of anilines is 1. The molecular weight excluding hydrogens is 264 g/mol. The van der Waals surface area contributed by atoms with E-state index in [1.165, 1.54) is 7.11 Å². The van der Waals surface area contributed by atoms with Crippen LogP contribution in [0.1, 0.15) is 12.1 Å². The maximum Gasteiger partial charge on any atom is 0.232 e. The Morgan fingerprint density at radius 1 is 1.63 bits per heavy atom. The van der Waals surface area contributed by atoms with Gasteiger partial charge in [0.2, 0.25) is 17.7 Å². The average Bonchev–Trinajstić information content (AvgIpc) is 2.38. The number of ether oxygens (including phenoxy) is 1. The van der Waals surface area contributed by atoms with Gasteiger partial charge in [0, 0.05) is 42.3 Å². The number of amides is 1. The number of thioether (sulfide) groups is 1. The first-order valence-corrected chi connectivity index (χ1v) is 7.33. The smallest absolute Gasteiger partial charge is 0.232 e. The normalized spacial score (nSPS) is 18.9. The Bertz CT molecular complexity index is 449. The highest BCUT2D eigenvalue weighted by Crippen LogP contribution is 2.13. The largest absolute Gasteiger partial charge is 0.481 e. The van der Waals surface area contributed by atoms with Crippen molar-refractivity contribution in [3.05, 3.63) is 11.8 Å². The molecule has 1 amide bonds. The lowest BCUT2D eigenvalue weighted by atomic mass is 10.2. The predicted molar refractivity (Wildman–Crippen MR) is 75.7 cm³/mol. The standard InChI is InChI=1S/C12H18N4O2S/c1-8-5-11(18-2)16-12(14-8)15-10(17)6-9-7-19-4-3-13-9/h5,9,13H,3-4,6-7H2,1-2H3,(H,14,15,16,17). The van der Waals surface area contributed by atoms with Gasteiger partial charge < -0.3 is 10.1 Å². The number of carbonyl (C=O) groups excluding carboxylic acids is 1. The first-order chi connectivity index (χ1) is 9.17. The summed E-state index contributed by atoms with van der Waals surface area (Å²) in [5.74, 6) is 2.74. The van der Waals surface area contributed by atoms with E-state index in [4.69, 9.17) is 4.74 Å². The molecule has 1 unspecified atom stereocenters. The minimum atomic E-state index is -0.0762. The first-order valence-electron chi connectivity index (χ1n) is 6.18. The molecule has 1 saturated heterocycles. The lowest BCUT2D eigenvalue weighted by Gasteiger charge is -2.22. The maximum absolute atomic E-state index is 11.9. The Morgan fingerprint density at radius 2 is 2.47 bits per heavy atom. The number of carbonyl (C=O) groups is 1. The zero-order valence-electron chi connectivity index (χ0n) is 11.1. The van der Waals surface area contributed by atoms with Crippen LogP contribution in [0.2, 0.25) is 0 Å². The highest BCUT2D eigenvalue weighted by molar-refractivity contribution is 7.99. The number of nitrogens with zero attached hydrogens (tertiary/aromatic N) is 2. The fourth-order valence-corrected chi connectivity index (χ4v) is 2.80. The van der Waals surface area contributed by atoms with Gasteiger partial charge in [-0.3, -0.25) is 10.1 Å². The fourth-order valence-electron chi connectivity index (χ4n) is 1.85. The zero-order chi connectivity index (χ0) is 13.7. The van der Waals surface area contributed by atoms with Crippen LogP contribution >= 0.6 is 11.8 Å². The molecule has 2 rings (SSSR count). The first kappa shape index (κ1) is 14.1. The zero-order valence-corrected chi connectivity index (χ0v) is 11.9. The van der Waals surface area contributed by atoms with E-state index in [0.29, 0.717) is 18.2 Å². The number of nitrogens with one attached hydrogen (secondary N) is 2. The number of aryl methyl sites for hydroxylation is 1. The van der Waals surface area contributed by atoms with Crippen molar-refractivity contribution in [1.82, 2.24) is 15.3 Å². The van der Waals surface area contributed by atoms with Crippen LogP contribution in [0.3, 0.4) is 0 Å². The van der Waals surface area contributed by atoms with Gasteiger partial charge in [0.25, 0.3) is 0 Å². The van der Waals surface area contributed by atoms with Gasteiger partial charge in [-0.15, -0.1) is 0 Å². The molecular formula is C12H18N4O2S. The second-order valence-electron chi connectivity index (χ2n) is 4.35. The topological polar surface area (TPSA) is 76.1 Å². The summed E-state index contributed by atoms with van der Waals surface area (Å²) in [4.78, 5) is 20.2. The van der Waals surface area contributed by atoms with E-state index in [9.17, 15) is 4.79 Å². The van der Waals surface area contributed by atoms with E-state index >= 15 is 0 Å². The summed E-state index contributed by atoms with van der Waals surface area (Å²) in [5, 5.41) is 6.04. The molecule has 6 nitrogen and oxygen atoms in total. The molecule has 0 aromatic carbocycles. The summed E-state index contributed by atoms with van der Waals surface area (Å²) in [6, 6.07) is 1.94. The Balaban J connectivity index is 1.92. The van der Waals surface area contributed by atoms with E-state index in [1.807, 2.05) is 18.7 Å². The second kappa shape index (κ2) is 6.72. The molecule has 1 atom stereocenters. The van der Waals surface area contributed by atoms with Gasteiger partial charge in [0.1, 0.15) is 0 Å². The number of aromatic nitrogens is 2. The fraction of sp³-hybridized carbons (Fsp3) is 0.583. The third-order valence-electron chi connectivity index (χ3n) is 2.72. The highest BCUT2D eigenvalue weighted by atomic mass is 32.2. The van der Waals surface area contributed by atoms with Crippen LogP contribution in [0.25, 0.3) is 0 Å². The molecule has 0 spiro atoms. The minimum Gasteiger partial charge on any atom is -0.481 e. The summed E-state index contributed by atoms with van der Waals surface area (Å²) in [6.45, 7) is 2.79. The van der Waals surface area contributed by atoms with Crippen molar-refractivity contribution in [3.8, 4) is 5.88 Å². The number of hydrogen-bond acceptors (Lipinski definition) is 6. The molecule has 7 heteroatoms. The van der Waals surface area contributed by atoms with Crippen LogP contribution in [0.4, 0.5) is 5.95 Å². The lowest BCUT2D eigenvalue weighted by Crippen LogP contribution is -2.40. The van der Waals surface area contributed by atoms with Crippen LogP contribution < -0.4 is 15.4 Å². The van der Waals surface area contributed by atoms with Crippen molar-refractivity contribution in [3.63, 3.8) is 0 Å². The Labute approximate surface area is 116 Å². The van der Waals surface area contributed by atoms with Crippen LogP contribution in [0.15, 0.2) is 6.07 Å². The minimum absolute atomic E-state index is 0.0762. The third kappa shape index (κ3) is 4.36. The van der Waals surface area contributed by atoms with Gasteiger partial charge in [-0.05, 0) is 6.92 Å². The molecule has 0 aliphatic carbocycles. The molecule has 0 saturated carbocycles. The van der Waals surface area contributed by atoms with E-state index in [0.717, 1.165) is 23.7 Å². The molecule has 1 fully saturated rings. The Morgan fingerprint density at radius 3 is 3.16 bits per heavy atom. The SMILES string of the molecule is COc1cc(C)nc(NC(=O)CC2CSCCN2)n1. The van der Waals surface area contributed by atoms with Gasteiger partial charge in [-0.25, -0.2) is 4.98 Å². The average molecular weight is 282 g/mol. The maximum atomic E-state index is 11.9. The Hall–Kier alpha value is -1.34. The van der Waals surface area contributed by atoms with Gasteiger partial charge in [0.15, 0.2) is 0 Å². The number of methoxy groups -OCH3 is 1. The molecule has 0 bridgehead atoms. The highest BCUT2D eigenvalue weighted by Gasteiger charge is 2.17. The van der Waals surface area contributed by atoms with Gasteiger partial charge in [-0.1, -0.05) is 0 Å². The van der Waals surface area contributed by atoms with Crippen LogP contribution in [-0.2, 0) is 4.79 Å². The monoisotopic (exact) mass is 282 g/mol. The Kier molecular flexibility index (Phi) is 4.98. The predicted octanol–water partition coefficient (Wildman–Crippen LogP) is 0.827. The molecule has 1 aliphatic heterocycles. The van der Waals surface area contributed by atoms with Crippen LogP contribution in [0, 0.1) is 6.92 Å². The summed E-state index contributed by atoms with van der Waals surface area (Å²) in [7, 11) is 1.54. The van der Waals surface area contributed by atoms with Crippen LogP contribution in [0.5, 0.6) is 5.88 Å². The van der Waals surface area contributed by atoms with Crippen molar-refractivity contribution in [1.29, 1.82) is 0 Å². The van der Waals surface area contributed by atoms with Gasteiger partial charge in [0.05, 0.1) is 7.11 Å². The van der Waals surface area contributed by atoms with E-state index < -0.39 is 0 Å².